The van der Waals surface area contributed by atoms with E-state index in [0.717, 1.165) is 28.3 Å². The fraction of sp³-hybridized carbons (Fsp3) is 0.167. The Balaban J connectivity index is 1.77. The van der Waals surface area contributed by atoms with Crippen LogP contribution in [0, 0.1) is 13.8 Å². The molecule has 1 aromatic heterocycles. The number of thiazole rings is 1. The second-order valence-corrected chi connectivity index (χ2v) is 8.54. The lowest BCUT2D eigenvalue weighted by molar-refractivity contribution is 0.607. The first-order chi connectivity index (χ1) is 11.8. The lowest BCUT2D eigenvalue weighted by Crippen LogP contribution is -2.09. The first kappa shape index (κ1) is 17.4. The molecule has 25 heavy (non-hydrogen) atoms. The molecule has 0 unspecified atom stereocenters. The van der Waals surface area contributed by atoms with Crippen molar-refractivity contribution < 1.29 is 8.42 Å². The summed E-state index contributed by atoms with van der Waals surface area (Å²) >= 11 is 1.53. The summed E-state index contributed by atoms with van der Waals surface area (Å²) in [5, 5.41) is 6.14. The minimum absolute atomic E-state index is 0.537. The molecule has 3 aromatic rings. The van der Waals surface area contributed by atoms with Gasteiger partial charge in [0.1, 0.15) is 0 Å². The first-order valence-electron chi connectivity index (χ1n) is 7.68. The van der Waals surface area contributed by atoms with Gasteiger partial charge in [-0.25, -0.2) is 13.4 Å². The molecule has 0 radical (unpaired) electrons. The third-order valence-electron chi connectivity index (χ3n) is 3.61. The number of aryl methyl sites for hydroxylation is 2. The number of anilines is 3. The van der Waals surface area contributed by atoms with E-state index in [4.69, 9.17) is 0 Å². The zero-order chi connectivity index (χ0) is 18.0. The van der Waals surface area contributed by atoms with Crippen LogP contribution in [0.4, 0.5) is 16.5 Å². The van der Waals surface area contributed by atoms with Crippen LogP contribution < -0.4 is 10.0 Å². The van der Waals surface area contributed by atoms with E-state index in [1.54, 1.807) is 12.1 Å². The standard InChI is InChI=1S/C18H19N3O2S2/c1-12-4-9-16(13(2)10-12)19-18-20-17(11-24-18)14-5-7-15(8-6-14)21-25(3,22)23/h4-11,21H,1-3H3,(H,19,20). The van der Waals surface area contributed by atoms with Crippen molar-refractivity contribution >= 4 is 37.9 Å². The topological polar surface area (TPSA) is 71.1 Å². The van der Waals surface area contributed by atoms with Gasteiger partial charge in [-0.2, -0.15) is 0 Å². The third kappa shape index (κ3) is 4.58. The SMILES string of the molecule is Cc1ccc(Nc2nc(-c3ccc(NS(C)(=O)=O)cc3)cs2)c(C)c1. The number of nitrogens with one attached hydrogen (secondary N) is 2. The number of rotatable bonds is 5. The summed E-state index contributed by atoms with van der Waals surface area (Å²) in [6, 6.07) is 13.4. The van der Waals surface area contributed by atoms with Crippen LogP contribution in [-0.2, 0) is 10.0 Å². The highest BCUT2D eigenvalue weighted by atomic mass is 32.2. The van der Waals surface area contributed by atoms with E-state index >= 15 is 0 Å². The van der Waals surface area contributed by atoms with Gasteiger partial charge in [0, 0.05) is 22.3 Å². The van der Waals surface area contributed by atoms with Gasteiger partial charge in [-0.3, -0.25) is 4.72 Å². The molecular formula is C18H19N3O2S2. The summed E-state index contributed by atoms with van der Waals surface area (Å²) in [6.45, 7) is 4.14. The molecule has 0 aliphatic carbocycles. The quantitative estimate of drug-likeness (QED) is 0.689. The third-order valence-corrected chi connectivity index (χ3v) is 4.98. The molecule has 0 aliphatic rings. The van der Waals surface area contributed by atoms with Gasteiger partial charge in [0.25, 0.3) is 0 Å². The average Bonchev–Trinajstić information content (AvgIpc) is 2.98. The highest BCUT2D eigenvalue weighted by Crippen LogP contribution is 2.29. The summed E-state index contributed by atoms with van der Waals surface area (Å²) in [6.07, 6.45) is 1.13. The van der Waals surface area contributed by atoms with Crippen LogP contribution in [0.1, 0.15) is 11.1 Å². The van der Waals surface area contributed by atoms with Gasteiger partial charge < -0.3 is 5.32 Å². The molecule has 0 saturated carbocycles. The monoisotopic (exact) mass is 373 g/mol. The molecule has 0 amide bonds. The fourth-order valence-corrected chi connectivity index (χ4v) is 3.75. The lowest BCUT2D eigenvalue weighted by Gasteiger charge is -2.07. The summed E-state index contributed by atoms with van der Waals surface area (Å²) in [5.74, 6) is 0. The Labute approximate surface area is 151 Å². The zero-order valence-electron chi connectivity index (χ0n) is 14.2. The average molecular weight is 374 g/mol. The summed E-state index contributed by atoms with van der Waals surface area (Å²) in [5.41, 5.74) is 5.76. The molecule has 0 atom stereocenters. The van der Waals surface area contributed by atoms with Crippen molar-refractivity contribution in [1.29, 1.82) is 0 Å². The maximum atomic E-state index is 11.3. The van der Waals surface area contributed by atoms with E-state index in [-0.39, 0.29) is 0 Å². The zero-order valence-corrected chi connectivity index (χ0v) is 15.8. The van der Waals surface area contributed by atoms with Gasteiger partial charge in [-0.15, -0.1) is 11.3 Å². The van der Waals surface area contributed by atoms with E-state index in [9.17, 15) is 8.42 Å². The van der Waals surface area contributed by atoms with Gasteiger partial charge in [-0.05, 0) is 37.6 Å². The van der Waals surface area contributed by atoms with Gasteiger partial charge in [0.15, 0.2) is 5.13 Å². The minimum Gasteiger partial charge on any atom is -0.331 e. The van der Waals surface area contributed by atoms with Crippen molar-refractivity contribution in [2.24, 2.45) is 0 Å². The maximum Gasteiger partial charge on any atom is 0.229 e. The Morgan fingerprint density at radius 3 is 2.40 bits per heavy atom. The number of aromatic nitrogens is 1. The molecule has 0 bridgehead atoms. The molecule has 0 fully saturated rings. The van der Waals surface area contributed by atoms with Crippen molar-refractivity contribution in [3.63, 3.8) is 0 Å². The van der Waals surface area contributed by atoms with E-state index in [1.165, 1.54) is 22.5 Å². The predicted octanol–water partition coefficient (Wildman–Crippen LogP) is 4.54. The molecule has 130 valence electrons. The Hall–Kier alpha value is -2.38. The van der Waals surface area contributed by atoms with Crippen LogP contribution in [0.15, 0.2) is 47.8 Å². The van der Waals surface area contributed by atoms with Crippen molar-refractivity contribution in [1.82, 2.24) is 4.98 Å². The molecule has 0 saturated heterocycles. The molecule has 3 rings (SSSR count). The Bertz CT molecular complexity index is 993. The second-order valence-electron chi connectivity index (χ2n) is 5.93. The fourth-order valence-electron chi connectivity index (χ4n) is 2.46. The molecular weight excluding hydrogens is 354 g/mol. The molecule has 7 heteroatoms. The molecule has 2 aromatic carbocycles. The van der Waals surface area contributed by atoms with Crippen LogP contribution in [0.25, 0.3) is 11.3 Å². The van der Waals surface area contributed by atoms with Gasteiger partial charge >= 0.3 is 0 Å². The van der Waals surface area contributed by atoms with Crippen LogP contribution in [0.3, 0.4) is 0 Å². The highest BCUT2D eigenvalue weighted by molar-refractivity contribution is 7.92. The number of benzene rings is 2. The largest absolute Gasteiger partial charge is 0.331 e. The smallest absolute Gasteiger partial charge is 0.229 e. The Morgan fingerprint density at radius 2 is 1.76 bits per heavy atom. The summed E-state index contributed by atoms with van der Waals surface area (Å²) in [4.78, 5) is 4.61. The Morgan fingerprint density at radius 1 is 1.04 bits per heavy atom. The van der Waals surface area contributed by atoms with Crippen molar-refractivity contribution in [2.75, 3.05) is 16.3 Å². The number of sulfonamides is 1. The maximum absolute atomic E-state index is 11.3. The number of nitrogens with zero attached hydrogens (tertiary/aromatic N) is 1. The van der Waals surface area contributed by atoms with Crippen molar-refractivity contribution in [2.45, 2.75) is 13.8 Å². The predicted molar refractivity (Wildman–Crippen MR) is 105 cm³/mol. The van der Waals surface area contributed by atoms with E-state index in [0.29, 0.717) is 5.69 Å². The van der Waals surface area contributed by atoms with Crippen LogP contribution in [0.2, 0.25) is 0 Å². The lowest BCUT2D eigenvalue weighted by atomic mass is 10.1. The molecule has 0 aliphatic heterocycles. The van der Waals surface area contributed by atoms with Gasteiger partial charge in [-0.1, -0.05) is 29.8 Å². The molecule has 5 nitrogen and oxygen atoms in total. The highest BCUT2D eigenvalue weighted by Gasteiger charge is 2.07. The minimum atomic E-state index is -3.27. The molecule has 0 spiro atoms. The van der Waals surface area contributed by atoms with Crippen LogP contribution in [-0.4, -0.2) is 19.7 Å². The molecule has 1 heterocycles. The van der Waals surface area contributed by atoms with Gasteiger partial charge in [0.05, 0.1) is 11.9 Å². The van der Waals surface area contributed by atoms with E-state index in [1.807, 2.05) is 17.5 Å². The normalized spacial score (nSPS) is 11.3. The van der Waals surface area contributed by atoms with Gasteiger partial charge in [0.2, 0.25) is 10.0 Å². The van der Waals surface area contributed by atoms with Crippen LogP contribution >= 0.6 is 11.3 Å². The first-order valence-corrected chi connectivity index (χ1v) is 10.5. The van der Waals surface area contributed by atoms with Crippen LogP contribution in [0.5, 0.6) is 0 Å². The van der Waals surface area contributed by atoms with Crippen molar-refractivity contribution in [3.8, 4) is 11.3 Å². The summed E-state index contributed by atoms with van der Waals surface area (Å²) in [7, 11) is -3.27. The summed E-state index contributed by atoms with van der Waals surface area (Å²) < 4.78 is 25.0. The molecule has 2 N–H and O–H groups in total. The van der Waals surface area contributed by atoms with E-state index < -0.39 is 10.0 Å². The van der Waals surface area contributed by atoms with Crippen molar-refractivity contribution in [3.05, 3.63) is 59.0 Å². The number of hydrogen-bond acceptors (Lipinski definition) is 5. The van der Waals surface area contributed by atoms with E-state index in [2.05, 4.69) is 47.1 Å². The second kappa shape index (κ2) is 6.85. The Kier molecular flexibility index (Phi) is 4.78. The number of hydrogen-bond donors (Lipinski definition) is 2.